The Morgan fingerprint density at radius 3 is 2.43 bits per heavy atom. The Morgan fingerprint density at radius 2 is 1.87 bits per heavy atom. The number of carboxylic acids is 1. The molecule has 23 heavy (non-hydrogen) atoms. The van der Waals surface area contributed by atoms with Crippen LogP contribution in [-0.2, 0) is 14.4 Å². The second kappa shape index (κ2) is 9.73. The number of anilines is 1. The van der Waals surface area contributed by atoms with Crippen molar-refractivity contribution in [3.63, 3.8) is 0 Å². The highest BCUT2D eigenvalue weighted by Crippen LogP contribution is 2.15. The summed E-state index contributed by atoms with van der Waals surface area (Å²) in [6.07, 6.45) is -0.0924. The third-order valence-electron chi connectivity index (χ3n) is 2.92. The van der Waals surface area contributed by atoms with Gasteiger partial charge in [0.05, 0.1) is 25.0 Å². The Morgan fingerprint density at radius 1 is 1.22 bits per heavy atom. The molecule has 0 aliphatic rings. The van der Waals surface area contributed by atoms with Crippen LogP contribution in [0.25, 0.3) is 0 Å². The van der Waals surface area contributed by atoms with Crippen LogP contribution in [0.1, 0.15) is 6.42 Å². The van der Waals surface area contributed by atoms with Crippen molar-refractivity contribution in [3.05, 3.63) is 24.3 Å². The van der Waals surface area contributed by atoms with Gasteiger partial charge in [-0.2, -0.15) is 0 Å². The molecule has 0 atom stereocenters. The molecule has 0 heterocycles. The van der Waals surface area contributed by atoms with Gasteiger partial charge in [-0.05, 0) is 24.3 Å². The van der Waals surface area contributed by atoms with Crippen LogP contribution in [-0.4, -0.2) is 60.0 Å². The summed E-state index contributed by atoms with van der Waals surface area (Å²) in [6, 6.07) is 6.94. The molecule has 0 aromatic heterocycles. The monoisotopic (exact) mass is 340 g/mol. The Bertz CT molecular complexity index is 547. The lowest BCUT2D eigenvalue weighted by Gasteiger charge is -2.15. The first-order chi connectivity index (χ1) is 10.9. The maximum atomic E-state index is 11.8. The van der Waals surface area contributed by atoms with E-state index >= 15 is 0 Å². The van der Waals surface area contributed by atoms with E-state index in [1.54, 1.807) is 38.4 Å². The van der Waals surface area contributed by atoms with Crippen LogP contribution in [0.4, 0.5) is 5.69 Å². The second-order valence-electron chi connectivity index (χ2n) is 4.73. The van der Waals surface area contributed by atoms with Crippen LogP contribution >= 0.6 is 11.8 Å². The van der Waals surface area contributed by atoms with E-state index in [0.717, 1.165) is 0 Å². The van der Waals surface area contributed by atoms with Crippen molar-refractivity contribution < 1.29 is 24.2 Å². The lowest BCUT2D eigenvalue weighted by Crippen LogP contribution is -2.30. The minimum atomic E-state index is -0.948. The van der Waals surface area contributed by atoms with E-state index < -0.39 is 5.97 Å². The summed E-state index contributed by atoms with van der Waals surface area (Å²) in [6.45, 7) is 0.159. The molecule has 2 N–H and O–H groups in total. The van der Waals surface area contributed by atoms with Gasteiger partial charge >= 0.3 is 5.97 Å². The van der Waals surface area contributed by atoms with Gasteiger partial charge in [0.1, 0.15) is 5.75 Å². The minimum Gasteiger partial charge on any atom is -0.497 e. The third kappa shape index (κ3) is 7.55. The Labute approximate surface area is 139 Å². The van der Waals surface area contributed by atoms with Crippen molar-refractivity contribution in [2.45, 2.75) is 6.42 Å². The number of aliphatic carboxylic acids is 1. The van der Waals surface area contributed by atoms with Crippen molar-refractivity contribution in [3.8, 4) is 5.75 Å². The van der Waals surface area contributed by atoms with E-state index in [2.05, 4.69) is 5.32 Å². The number of carboxylic acid groups (broad SMARTS) is 1. The average molecular weight is 340 g/mol. The molecular weight excluding hydrogens is 320 g/mol. The maximum Gasteiger partial charge on any atom is 0.305 e. The van der Waals surface area contributed by atoms with Crippen molar-refractivity contribution in [1.29, 1.82) is 0 Å². The molecule has 0 spiro atoms. The lowest BCUT2D eigenvalue weighted by atomic mass is 10.3. The average Bonchev–Trinajstić information content (AvgIpc) is 2.53. The fraction of sp³-hybridized carbons (Fsp3) is 0.400. The number of carbonyl (C=O) groups is 3. The molecule has 0 saturated heterocycles. The highest BCUT2D eigenvalue weighted by molar-refractivity contribution is 8.00. The molecule has 0 radical (unpaired) electrons. The molecule has 8 heteroatoms. The fourth-order valence-electron chi connectivity index (χ4n) is 1.60. The molecule has 0 unspecified atom stereocenters. The molecular formula is C15H20N2O5S. The number of nitrogens with zero attached hydrogens (tertiary/aromatic N) is 1. The van der Waals surface area contributed by atoms with Crippen LogP contribution in [0.5, 0.6) is 5.75 Å². The number of amides is 2. The van der Waals surface area contributed by atoms with E-state index in [9.17, 15) is 14.4 Å². The normalized spacial score (nSPS) is 10.0. The number of ether oxygens (including phenoxy) is 1. The SMILES string of the molecule is COc1ccc(NC(=O)CSCC(=O)N(C)CCC(=O)O)cc1. The van der Waals surface area contributed by atoms with Crippen molar-refractivity contribution >= 4 is 35.2 Å². The van der Waals surface area contributed by atoms with Gasteiger partial charge < -0.3 is 20.1 Å². The zero-order valence-corrected chi connectivity index (χ0v) is 13.9. The van der Waals surface area contributed by atoms with Gasteiger partial charge in [0, 0.05) is 19.3 Å². The summed E-state index contributed by atoms with van der Waals surface area (Å²) >= 11 is 1.18. The summed E-state index contributed by atoms with van der Waals surface area (Å²) in [5, 5.41) is 11.3. The zero-order chi connectivity index (χ0) is 17.2. The van der Waals surface area contributed by atoms with Crippen LogP contribution in [0.3, 0.4) is 0 Å². The van der Waals surface area contributed by atoms with Crippen molar-refractivity contribution in [2.75, 3.05) is 37.5 Å². The molecule has 0 aliphatic carbocycles. The van der Waals surface area contributed by atoms with Crippen LogP contribution < -0.4 is 10.1 Å². The van der Waals surface area contributed by atoms with Gasteiger partial charge in [0.15, 0.2) is 0 Å². The number of benzene rings is 1. The molecule has 0 fully saturated rings. The number of hydrogen-bond donors (Lipinski definition) is 2. The number of carbonyl (C=O) groups excluding carboxylic acids is 2. The predicted molar refractivity (Wildman–Crippen MR) is 88.8 cm³/mol. The molecule has 1 aromatic carbocycles. The zero-order valence-electron chi connectivity index (χ0n) is 13.1. The topological polar surface area (TPSA) is 95.9 Å². The first-order valence-electron chi connectivity index (χ1n) is 6.89. The predicted octanol–water partition coefficient (Wildman–Crippen LogP) is 1.30. The van der Waals surface area contributed by atoms with Gasteiger partial charge in [-0.25, -0.2) is 0 Å². The number of thioether (sulfide) groups is 1. The van der Waals surface area contributed by atoms with E-state index in [-0.39, 0.29) is 36.3 Å². The maximum absolute atomic E-state index is 11.8. The van der Waals surface area contributed by atoms with E-state index in [1.165, 1.54) is 16.7 Å². The van der Waals surface area contributed by atoms with Crippen molar-refractivity contribution in [2.24, 2.45) is 0 Å². The highest BCUT2D eigenvalue weighted by atomic mass is 32.2. The summed E-state index contributed by atoms with van der Waals surface area (Å²) in [5.74, 6) is -0.380. The number of nitrogens with one attached hydrogen (secondary N) is 1. The Balaban J connectivity index is 2.27. The summed E-state index contributed by atoms with van der Waals surface area (Å²) in [5.41, 5.74) is 0.654. The quantitative estimate of drug-likeness (QED) is 0.703. The fourth-order valence-corrected chi connectivity index (χ4v) is 2.36. The van der Waals surface area contributed by atoms with Crippen LogP contribution in [0, 0.1) is 0 Å². The molecule has 1 aromatic rings. The smallest absolute Gasteiger partial charge is 0.305 e. The van der Waals surface area contributed by atoms with Crippen molar-refractivity contribution in [1.82, 2.24) is 4.90 Å². The summed E-state index contributed by atoms with van der Waals surface area (Å²) in [4.78, 5) is 35.3. The molecule has 0 saturated carbocycles. The van der Waals surface area contributed by atoms with Gasteiger partial charge in [-0.15, -0.1) is 11.8 Å². The molecule has 126 valence electrons. The van der Waals surface area contributed by atoms with Crippen LogP contribution in [0.2, 0.25) is 0 Å². The van der Waals surface area contributed by atoms with Gasteiger partial charge in [0.25, 0.3) is 0 Å². The molecule has 7 nitrogen and oxygen atoms in total. The molecule has 2 amide bonds. The largest absolute Gasteiger partial charge is 0.497 e. The first-order valence-corrected chi connectivity index (χ1v) is 8.05. The minimum absolute atomic E-state index is 0.0924. The van der Waals surface area contributed by atoms with Gasteiger partial charge in [0.2, 0.25) is 11.8 Å². The number of rotatable bonds is 9. The molecule has 0 aliphatic heterocycles. The molecule has 0 bridgehead atoms. The number of hydrogen-bond acceptors (Lipinski definition) is 5. The van der Waals surface area contributed by atoms with E-state index in [1.807, 2.05) is 0 Å². The number of methoxy groups -OCH3 is 1. The van der Waals surface area contributed by atoms with E-state index in [0.29, 0.717) is 11.4 Å². The summed E-state index contributed by atoms with van der Waals surface area (Å²) in [7, 11) is 3.11. The highest BCUT2D eigenvalue weighted by Gasteiger charge is 2.11. The standard InChI is InChI=1S/C15H20N2O5S/c1-17(8-7-15(20)21)14(19)10-23-9-13(18)16-11-3-5-12(22-2)6-4-11/h3-6H,7-10H2,1-2H3,(H,16,18)(H,20,21). The van der Waals surface area contributed by atoms with Gasteiger partial charge in [-0.3, -0.25) is 14.4 Å². The van der Waals surface area contributed by atoms with E-state index in [4.69, 9.17) is 9.84 Å². The molecule has 1 rings (SSSR count). The first kappa shape index (κ1) is 18.8. The Kier molecular flexibility index (Phi) is 7.96. The summed E-state index contributed by atoms with van der Waals surface area (Å²) < 4.78 is 5.03. The van der Waals surface area contributed by atoms with Crippen LogP contribution in [0.15, 0.2) is 24.3 Å². The Hall–Kier alpha value is -2.22. The van der Waals surface area contributed by atoms with Gasteiger partial charge in [-0.1, -0.05) is 0 Å². The second-order valence-corrected chi connectivity index (χ2v) is 5.71. The lowest BCUT2D eigenvalue weighted by molar-refractivity contribution is -0.137. The third-order valence-corrected chi connectivity index (χ3v) is 3.84.